The van der Waals surface area contributed by atoms with E-state index in [0.717, 1.165) is 0 Å². The van der Waals surface area contributed by atoms with E-state index in [4.69, 9.17) is 23.8 Å². The van der Waals surface area contributed by atoms with Crippen LogP contribution < -0.4 is 10.5 Å². The second kappa shape index (κ2) is 5.61. The molecular weight excluding hydrogens is 272 g/mol. The van der Waals surface area contributed by atoms with Crippen molar-refractivity contribution in [1.29, 1.82) is 0 Å². The van der Waals surface area contributed by atoms with Gasteiger partial charge in [-0.25, -0.2) is 8.42 Å². The number of sulfonamides is 1. The zero-order chi connectivity index (χ0) is 13.9. The van der Waals surface area contributed by atoms with Gasteiger partial charge in [0.2, 0.25) is 10.0 Å². The van der Waals surface area contributed by atoms with Gasteiger partial charge < -0.3 is 5.73 Å². The van der Waals surface area contributed by atoms with Gasteiger partial charge in [-0.15, -0.1) is 6.42 Å². The first-order valence-electron chi connectivity index (χ1n) is 5.31. The number of nitrogens with two attached hydrogens (primary N) is 1. The van der Waals surface area contributed by atoms with E-state index in [2.05, 4.69) is 10.6 Å². The number of benzene rings is 1. The minimum atomic E-state index is -3.69. The first kappa shape index (κ1) is 14.8. The molecule has 1 unspecified atom stereocenters. The van der Waals surface area contributed by atoms with Crippen molar-refractivity contribution in [2.75, 3.05) is 5.73 Å². The Morgan fingerprint density at radius 1 is 1.44 bits per heavy atom. The Hall–Kier alpha value is -1.22. The van der Waals surface area contributed by atoms with Crippen LogP contribution in [0.5, 0.6) is 0 Å². The number of terminal acetylenes is 1. The maximum atomic E-state index is 12.1. The van der Waals surface area contributed by atoms with E-state index in [1.165, 1.54) is 18.2 Å². The summed E-state index contributed by atoms with van der Waals surface area (Å²) in [6, 6.07) is 3.56. The fourth-order valence-corrected chi connectivity index (χ4v) is 2.74. The molecule has 0 bridgehead atoms. The van der Waals surface area contributed by atoms with Gasteiger partial charge in [0.1, 0.15) is 0 Å². The lowest BCUT2D eigenvalue weighted by atomic mass is 10.1. The topological polar surface area (TPSA) is 72.2 Å². The predicted octanol–water partition coefficient (Wildman–Crippen LogP) is 1.86. The van der Waals surface area contributed by atoms with Crippen LogP contribution in [0.3, 0.4) is 0 Å². The van der Waals surface area contributed by atoms with Gasteiger partial charge in [-0.2, -0.15) is 4.72 Å². The fourth-order valence-electron chi connectivity index (χ4n) is 1.29. The summed E-state index contributed by atoms with van der Waals surface area (Å²) < 4.78 is 26.6. The molecule has 1 aromatic carbocycles. The van der Waals surface area contributed by atoms with Crippen molar-refractivity contribution in [3.05, 3.63) is 23.2 Å². The molecule has 0 saturated heterocycles. The molecular formula is C12H15ClN2O2S. The highest BCUT2D eigenvalue weighted by Crippen LogP contribution is 2.22. The van der Waals surface area contributed by atoms with Crippen molar-refractivity contribution in [3.8, 4) is 12.3 Å². The minimum Gasteiger partial charge on any atom is -0.397 e. The van der Waals surface area contributed by atoms with Crippen LogP contribution >= 0.6 is 11.6 Å². The molecule has 0 amide bonds. The van der Waals surface area contributed by atoms with Gasteiger partial charge in [0, 0.05) is 0 Å². The third kappa shape index (κ3) is 3.39. The number of nitrogen functional groups attached to an aromatic ring is 1. The van der Waals surface area contributed by atoms with Crippen molar-refractivity contribution in [2.24, 2.45) is 5.92 Å². The maximum absolute atomic E-state index is 12.1. The average molecular weight is 287 g/mol. The van der Waals surface area contributed by atoms with Crippen molar-refractivity contribution < 1.29 is 8.42 Å². The standard InChI is InChI=1S/C12H15ClN2O2S/c1-4-12(8(2)3)15-18(16,17)9-5-6-10(13)11(14)7-9/h1,5-8,12,15H,14H2,2-3H3. The first-order chi connectivity index (χ1) is 8.27. The van der Waals surface area contributed by atoms with Gasteiger partial charge in [-0.05, 0) is 24.1 Å². The number of hydrogen-bond acceptors (Lipinski definition) is 3. The zero-order valence-electron chi connectivity index (χ0n) is 10.1. The Morgan fingerprint density at radius 3 is 2.50 bits per heavy atom. The van der Waals surface area contributed by atoms with Crippen molar-refractivity contribution in [2.45, 2.75) is 24.8 Å². The molecule has 1 aromatic rings. The lowest BCUT2D eigenvalue weighted by Crippen LogP contribution is -2.37. The SMILES string of the molecule is C#CC(NS(=O)(=O)c1ccc(Cl)c(N)c1)C(C)C. The molecule has 0 saturated carbocycles. The van der Waals surface area contributed by atoms with Crippen LogP contribution in [0.25, 0.3) is 0 Å². The number of anilines is 1. The summed E-state index contributed by atoms with van der Waals surface area (Å²) in [6.45, 7) is 3.67. The van der Waals surface area contributed by atoms with Crippen LogP contribution in [-0.4, -0.2) is 14.5 Å². The van der Waals surface area contributed by atoms with Gasteiger partial charge in [-0.3, -0.25) is 0 Å². The van der Waals surface area contributed by atoms with Crippen molar-refractivity contribution in [1.82, 2.24) is 4.72 Å². The summed E-state index contributed by atoms with van der Waals surface area (Å²) in [5.41, 5.74) is 5.79. The first-order valence-corrected chi connectivity index (χ1v) is 7.17. The number of halogens is 1. The third-order valence-corrected chi connectivity index (χ3v) is 4.19. The summed E-state index contributed by atoms with van der Waals surface area (Å²) in [7, 11) is -3.69. The molecule has 3 N–H and O–H groups in total. The molecule has 18 heavy (non-hydrogen) atoms. The molecule has 0 aliphatic rings. The molecule has 1 rings (SSSR count). The Morgan fingerprint density at radius 2 is 2.06 bits per heavy atom. The number of rotatable bonds is 4. The average Bonchev–Trinajstić information content (AvgIpc) is 2.29. The van der Waals surface area contributed by atoms with Gasteiger partial charge in [0.15, 0.2) is 0 Å². The quantitative estimate of drug-likeness (QED) is 0.655. The molecule has 1 atom stereocenters. The minimum absolute atomic E-state index is 0.00516. The van der Waals surface area contributed by atoms with Crippen LogP contribution in [0, 0.1) is 18.3 Å². The molecule has 0 heterocycles. The highest BCUT2D eigenvalue weighted by molar-refractivity contribution is 7.89. The second-order valence-corrected chi connectivity index (χ2v) is 6.31. The Bertz CT molecular complexity index is 576. The highest BCUT2D eigenvalue weighted by atomic mass is 35.5. The highest BCUT2D eigenvalue weighted by Gasteiger charge is 2.21. The third-order valence-electron chi connectivity index (χ3n) is 2.41. The van der Waals surface area contributed by atoms with E-state index in [0.29, 0.717) is 5.02 Å². The van der Waals surface area contributed by atoms with E-state index >= 15 is 0 Å². The predicted molar refractivity (Wildman–Crippen MR) is 73.6 cm³/mol. The van der Waals surface area contributed by atoms with Gasteiger partial charge in [0.05, 0.1) is 21.6 Å². The molecule has 0 aliphatic carbocycles. The van der Waals surface area contributed by atoms with E-state index in [9.17, 15) is 8.42 Å². The molecule has 4 nitrogen and oxygen atoms in total. The lowest BCUT2D eigenvalue weighted by Gasteiger charge is -2.17. The van der Waals surface area contributed by atoms with E-state index in [1.807, 2.05) is 13.8 Å². The molecule has 0 aliphatic heterocycles. The summed E-state index contributed by atoms with van der Waals surface area (Å²) in [6.07, 6.45) is 5.29. The monoisotopic (exact) mass is 286 g/mol. The van der Waals surface area contributed by atoms with E-state index in [-0.39, 0.29) is 16.5 Å². The largest absolute Gasteiger partial charge is 0.397 e. The Kier molecular flexibility index (Phi) is 4.63. The Labute approximate surface area is 113 Å². The van der Waals surface area contributed by atoms with Crippen LogP contribution in [0.15, 0.2) is 23.1 Å². The van der Waals surface area contributed by atoms with E-state index in [1.54, 1.807) is 0 Å². The zero-order valence-corrected chi connectivity index (χ0v) is 11.7. The summed E-state index contributed by atoms with van der Waals surface area (Å²) >= 11 is 5.74. The number of nitrogens with one attached hydrogen (secondary N) is 1. The van der Waals surface area contributed by atoms with E-state index < -0.39 is 16.1 Å². The second-order valence-electron chi connectivity index (χ2n) is 4.19. The van der Waals surface area contributed by atoms with Gasteiger partial charge in [-0.1, -0.05) is 31.4 Å². The molecule has 0 radical (unpaired) electrons. The summed E-state index contributed by atoms with van der Waals surface area (Å²) in [5.74, 6) is 2.40. The van der Waals surface area contributed by atoms with Crippen molar-refractivity contribution in [3.63, 3.8) is 0 Å². The van der Waals surface area contributed by atoms with Crippen LogP contribution in [0.2, 0.25) is 5.02 Å². The molecule has 0 spiro atoms. The van der Waals surface area contributed by atoms with Crippen LogP contribution in [0.4, 0.5) is 5.69 Å². The molecule has 0 fully saturated rings. The smallest absolute Gasteiger partial charge is 0.241 e. The normalized spacial score (nSPS) is 13.3. The molecule has 6 heteroatoms. The van der Waals surface area contributed by atoms with Crippen LogP contribution in [0.1, 0.15) is 13.8 Å². The van der Waals surface area contributed by atoms with Gasteiger partial charge >= 0.3 is 0 Å². The van der Waals surface area contributed by atoms with Crippen molar-refractivity contribution >= 4 is 27.3 Å². The molecule has 98 valence electrons. The fraction of sp³-hybridized carbons (Fsp3) is 0.333. The van der Waals surface area contributed by atoms with Crippen LogP contribution in [-0.2, 0) is 10.0 Å². The lowest BCUT2D eigenvalue weighted by molar-refractivity contribution is 0.518. The molecule has 0 aromatic heterocycles. The van der Waals surface area contributed by atoms with Gasteiger partial charge in [0.25, 0.3) is 0 Å². The summed E-state index contributed by atoms with van der Waals surface area (Å²) in [5, 5.41) is 0.311. The summed E-state index contributed by atoms with van der Waals surface area (Å²) in [4.78, 5) is 0.0466. The Balaban J connectivity index is 3.07. The maximum Gasteiger partial charge on any atom is 0.241 e. The number of hydrogen-bond donors (Lipinski definition) is 2.